The molecule has 94 heavy (non-hydrogen) atoms. The highest BCUT2D eigenvalue weighted by molar-refractivity contribution is 8.14. The Hall–Kier alpha value is -6.09. The van der Waals surface area contributed by atoms with Gasteiger partial charge in [-0.3, -0.25) is 38.6 Å². The van der Waals surface area contributed by atoms with Crippen LogP contribution in [0.2, 0.25) is 0 Å². The van der Waals surface area contributed by atoms with Crippen LogP contribution in [-0.2, 0) is 30.9 Å². The summed E-state index contributed by atoms with van der Waals surface area (Å²) >= 11 is 3.30. The van der Waals surface area contributed by atoms with E-state index in [0.717, 1.165) is 33.4 Å². The second-order valence-electron chi connectivity index (χ2n) is 28.3. The number of aryl methyl sites for hydroxylation is 2. The quantitative estimate of drug-likeness (QED) is 0.0702. The molecule has 0 N–H and O–H groups in total. The molecule has 19 nitrogen and oxygen atoms in total. The molecule has 7 heterocycles. The number of carbonyl (C=O) groups excluding carboxylic acids is 7. The van der Waals surface area contributed by atoms with Gasteiger partial charge < -0.3 is 22.9 Å². The van der Waals surface area contributed by atoms with E-state index in [1.165, 1.54) is 6.26 Å². The fourth-order valence-corrected chi connectivity index (χ4v) is 10.4. The number of nitrogens with zero attached hydrogens (tertiary/aromatic N) is 8. The molecule has 3 aliphatic rings. The largest absolute Gasteiger partial charge is 0.478 e. The van der Waals surface area contributed by atoms with Crippen LogP contribution in [0.15, 0.2) is 41.7 Å². The molecule has 3 aliphatic heterocycles. The van der Waals surface area contributed by atoms with Gasteiger partial charge in [-0.25, -0.2) is 29.9 Å². The van der Waals surface area contributed by atoms with Gasteiger partial charge in [-0.15, -0.1) is 23.1 Å². The van der Waals surface area contributed by atoms with Crippen LogP contribution in [0.5, 0.6) is 0 Å². The molecule has 0 spiro atoms. The molecular weight excluding hydrogens is 1230 g/mol. The summed E-state index contributed by atoms with van der Waals surface area (Å²) in [6.45, 7) is 59.2. The van der Waals surface area contributed by atoms with E-state index < -0.39 is 0 Å². The molecule has 7 rings (SSSR count). The first kappa shape index (κ1) is 85.9. The van der Waals surface area contributed by atoms with E-state index in [9.17, 15) is 33.6 Å². The number of aliphatic imine (C=N–C) groups is 3. The van der Waals surface area contributed by atoms with Gasteiger partial charge in [-0.1, -0.05) is 194 Å². The summed E-state index contributed by atoms with van der Waals surface area (Å²) in [5.74, 6) is 8.58. The Balaban J connectivity index is 0.000000548. The summed E-state index contributed by atoms with van der Waals surface area (Å²) in [7, 11) is 1.93. The summed E-state index contributed by atoms with van der Waals surface area (Å²) in [4.78, 5) is 111. The number of Topliss-reactive ketones (excluding diaryl/α,β-unsaturated/α-hetero) is 7. The molecule has 0 aromatic carbocycles. The Morgan fingerprint density at radius 3 is 1.35 bits per heavy atom. The van der Waals surface area contributed by atoms with Crippen molar-refractivity contribution < 1.29 is 51.9 Å². The van der Waals surface area contributed by atoms with Crippen LogP contribution in [0.4, 0.5) is 0 Å². The van der Waals surface area contributed by atoms with E-state index in [4.69, 9.17) is 18.3 Å². The zero-order chi connectivity index (χ0) is 72.7. The van der Waals surface area contributed by atoms with Gasteiger partial charge in [0.1, 0.15) is 71.5 Å². The van der Waals surface area contributed by atoms with Gasteiger partial charge in [0.05, 0.1) is 10.1 Å². The van der Waals surface area contributed by atoms with Crippen molar-refractivity contribution in [2.45, 2.75) is 256 Å². The Labute approximate surface area is 572 Å². The molecule has 21 heteroatoms. The maximum atomic E-state index is 11.7. The summed E-state index contributed by atoms with van der Waals surface area (Å²) in [6.07, 6.45) is 3.16. The van der Waals surface area contributed by atoms with E-state index in [-0.39, 0.29) is 130 Å². The van der Waals surface area contributed by atoms with Gasteiger partial charge >= 0.3 is 0 Å². The predicted octanol–water partition coefficient (Wildman–Crippen LogP) is 17.2. The average molecular weight is 1350 g/mol. The lowest BCUT2D eigenvalue weighted by atomic mass is 9.99. The fraction of sp³-hybridized carbons (Fsp3) is 0.699. The number of imidazole rings is 1. The number of ether oxygens (including phenoxy) is 2. The van der Waals surface area contributed by atoms with Crippen molar-refractivity contribution in [1.82, 2.24) is 24.5 Å². The van der Waals surface area contributed by atoms with Crippen LogP contribution in [0.3, 0.4) is 0 Å². The van der Waals surface area contributed by atoms with Gasteiger partial charge in [0.15, 0.2) is 64.1 Å². The number of carbonyl (C=O) groups is 7. The van der Waals surface area contributed by atoms with Crippen LogP contribution in [-0.4, -0.2) is 118 Å². The molecule has 0 radical (unpaired) electrons. The van der Waals surface area contributed by atoms with E-state index in [0.29, 0.717) is 64.7 Å². The van der Waals surface area contributed by atoms with Crippen LogP contribution in [0, 0.1) is 66.1 Å². The second kappa shape index (κ2) is 40.5. The van der Waals surface area contributed by atoms with Crippen molar-refractivity contribution >= 4 is 80.4 Å². The number of ketones is 7. The van der Waals surface area contributed by atoms with Gasteiger partial charge in [0.25, 0.3) is 0 Å². The topological polar surface area (TPSA) is 258 Å². The average Bonchev–Trinajstić information content (AvgIpc) is 1.82. The summed E-state index contributed by atoms with van der Waals surface area (Å²) in [5, 5.41) is 4.04. The zero-order valence-corrected chi connectivity index (χ0v) is 64.6. The molecule has 528 valence electrons. The van der Waals surface area contributed by atoms with Crippen LogP contribution >= 0.6 is 23.1 Å². The SMILES string of the molecule is CC(C)C(=O)C1COC(C(C)C)=N1.CC(C)C(=O)C1CSC(C(C)C)=N1.CC(C)C(=O)C1N=C(C(C)C)OC1C.CC(C)C(=O)c1cn(C)c(C(C)C)n1.CC(C)C(=O)c1coc(C(C)C)n1.CC(C)C(=O)c1csc(C(C)C)n1.Cc1oc(C(C)C)nc1C(=O)C(C)C. The standard InChI is InChI=1S/C11H18N2O.C11H19NO2.C11H17NO2.C10H17NO2.C10H15NO2.C10H17NOS.C10H15NOS/c1-7(2)10(14)9-6-13(5)11(12-9)8(3)4;2*1-6(2)10(13)9-8(5)14-11(12-9)7(3)4;4*1-6(2)9(12)8-5-13-10(11-8)7(3)4/h6-8H,1-5H3;6-9H,1-5H3;6-7H,1-5H3;6-8H,5H2,1-4H3;5-7H,1-4H3;6-8H,5H2,1-4H3;5-7H,1-4H3. The Morgan fingerprint density at radius 2 is 0.979 bits per heavy atom. The predicted molar refractivity (Wildman–Crippen MR) is 383 cm³/mol. The maximum Gasteiger partial charge on any atom is 0.197 e. The van der Waals surface area contributed by atoms with Crippen molar-refractivity contribution in [2.75, 3.05) is 12.4 Å². The third-order valence-corrected chi connectivity index (χ3v) is 16.9. The van der Waals surface area contributed by atoms with Crippen LogP contribution in [0.1, 0.15) is 295 Å². The number of aromatic nitrogens is 5. The fourth-order valence-electron chi connectivity index (χ4n) is 8.45. The number of thioether (sulfide) groups is 1. The number of hydrogen-bond acceptors (Lipinski definition) is 20. The second-order valence-corrected chi connectivity index (χ2v) is 30.3. The highest BCUT2D eigenvalue weighted by Gasteiger charge is 2.35. The third-order valence-electron chi connectivity index (χ3n) is 14.4. The molecule has 4 atom stereocenters. The molecule has 0 amide bonds. The van der Waals surface area contributed by atoms with Crippen molar-refractivity contribution in [2.24, 2.45) is 81.2 Å². The van der Waals surface area contributed by atoms with Crippen molar-refractivity contribution in [3.8, 4) is 0 Å². The van der Waals surface area contributed by atoms with Gasteiger partial charge in [0.2, 0.25) is 0 Å². The molecule has 4 aromatic rings. The summed E-state index contributed by atoms with van der Waals surface area (Å²) < 4.78 is 23.4. The zero-order valence-electron chi connectivity index (χ0n) is 62.9. The van der Waals surface area contributed by atoms with Crippen molar-refractivity contribution in [3.63, 3.8) is 0 Å². The third kappa shape index (κ3) is 27.6. The first-order valence-corrected chi connectivity index (χ1v) is 35.6. The number of rotatable bonds is 21. The summed E-state index contributed by atoms with van der Waals surface area (Å²) in [6, 6.07) is -0.604. The lowest BCUT2D eigenvalue weighted by molar-refractivity contribution is -0.124. The minimum absolute atomic E-state index is 0.0184. The molecule has 0 aliphatic carbocycles. The highest BCUT2D eigenvalue weighted by Crippen LogP contribution is 2.27. The minimum Gasteiger partial charge on any atom is -0.478 e. The monoisotopic (exact) mass is 1350 g/mol. The number of oxazole rings is 2. The molecule has 0 saturated carbocycles. The Morgan fingerprint density at radius 1 is 0.489 bits per heavy atom. The Kier molecular flexibility index (Phi) is 37.0. The molecule has 4 unspecified atom stereocenters. The molecule has 0 saturated heterocycles. The van der Waals surface area contributed by atoms with Gasteiger partial charge in [-0.05, 0) is 13.8 Å². The number of hydrogen-bond donors (Lipinski definition) is 0. The van der Waals surface area contributed by atoms with Gasteiger partial charge in [0, 0.05) is 107 Å². The molecule has 4 aromatic heterocycles. The van der Waals surface area contributed by atoms with E-state index >= 15 is 0 Å². The lowest BCUT2D eigenvalue weighted by Gasteiger charge is -2.13. The van der Waals surface area contributed by atoms with Crippen molar-refractivity contribution in [3.05, 3.63) is 69.0 Å². The van der Waals surface area contributed by atoms with E-state index in [1.54, 1.807) is 30.0 Å². The van der Waals surface area contributed by atoms with Crippen LogP contribution in [0.25, 0.3) is 0 Å². The van der Waals surface area contributed by atoms with Gasteiger partial charge in [-0.2, -0.15) is 0 Å². The molecular formula is C73H118N8O11S2. The first-order valence-electron chi connectivity index (χ1n) is 33.7. The lowest BCUT2D eigenvalue weighted by Crippen LogP contribution is -2.31. The van der Waals surface area contributed by atoms with Crippen molar-refractivity contribution in [1.29, 1.82) is 0 Å². The van der Waals surface area contributed by atoms with E-state index in [1.807, 2.05) is 182 Å². The first-order chi connectivity index (χ1) is 43.4. The smallest absolute Gasteiger partial charge is 0.197 e. The minimum atomic E-state index is -0.285. The maximum absolute atomic E-state index is 11.7. The van der Waals surface area contributed by atoms with Crippen LogP contribution < -0.4 is 0 Å². The Bertz CT molecular complexity index is 3050. The highest BCUT2D eigenvalue weighted by atomic mass is 32.2. The normalized spacial score (nSPS) is 16.6. The van der Waals surface area contributed by atoms with E-state index in [2.05, 4.69) is 76.5 Å². The molecule has 0 bridgehead atoms. The number of thiazole rings is 1. The summed E-state index contributed by atoms with van der Waals surface area (Å²) in [5.41, 5.74) is 2.15. The molecule has 0 fully saturated rings.